The van der Waals surface area contributed by atoms with Crippen molar-refractivity contribution < 1.29 is 32.6 Å². The molecule has 0 bridgehead atoms. The number of alkyl halides is 2. The molecule has 0 aliphatic carbocycles. The summed E-state index contributed by atoms with van der Waals surface area (Å²) in [6.45, 7) is 11.8. The fourth-order valence-electron chi connectivity index (χ4n) is 3.90. The van der Waals surface area contributed by atoms with Crippen LogP contribution in [0.2, 0.25) is 0 Å². The minimum absolute atomic E-state index is 0.0230. The Labute approximate surface area is 228 Å². The van der Waals surface area contributed by atoms with E-state index in [0.717, 1.165) is 0 Å². The number of anilines is 1. The fraction of sp³-hybridized carbons (Fsp3) is 0.519. The maximum absolute atomic E-state index is 13.5. The van der Waals surface area contributed by atoms with Crippen LogP contribution < -0.4 is 20.7 Å². The number of thiocarbonyl (C=S) groups is 1. The summed E-state index contributed by atoms with van der Waals surface area (Å²) in [5, 5.41) is 9.61. The SMILES string of the molecule is CCOC(=O)C1=C(C)NC(C)=C(C(=O)OCC)C1c1cc(NC(=S)NC(C)C(C)(C)C)ccc1OC(F)F. The number of hydrogen-bond acceptors (Lipinski definition) is 7. The first-order valence-electron chi connectivity index (χ1n) is 12.4. The van der Waals surface area contributed by atoms with Crippen molar-refractivity contribution in [2.24, 2.45) is 5.41 Å². The molecule has 1 aliphatic rings. The Morgan fingerprint density at radius 2 is 1.58 bits per heavy atom. The highest BCUT2D eigenvalue weighted by molar-refractivity contribution is 7.80. The molecule has 3 N–H and O–H groups in total. The van der Waals surface area contributed by atoms with E-state index in [2.05, 4.69) is 36.7 Å². The highest BCUT2D eigenvalue weighted by Gasteiger charge is 2.40. The van der Waals surface area contributed by atoms with E-state index < -0.39 is 24.5 Å². The van der Waals surface area contributed by atoms with Gasteiger partial charge in [0.2, 0.25) is 0 Å². The van der Waals surface area contributed by atoms with E-state index >= 15 is 0 Å². The zero-order chi connectivity index (χ0) is 28.8. The Bertz CT molecular complexity index is 1090. The van der Waals surface area contributed by atoms with Crippen LogP contribution in [0.1, 0.15) is 66.9 Å². The molecule has 1 heterocycles. The van der Waals surface area contributed by atoms with Gasteiger partial charge in [0.25, 0.3) is 0 Å². The summed E-state index contributed by atoms with van der Waals surface area (Å²) < 4.78 is 42.3. The van der Waals surface area contributed by atoms with Crippen molar-refractivity contribution in [1.82, 2.24) is 10.6 Å². The van der Waals surface area contributed by atoms with Gasteiger partial charge in [0.15, 0.2) is 5.11 Å². The van der Waals surface area contributed by atoms with Crippen molar-refractivity contribution in [2.45, 2.75) is 74.0 Å². The zero-order valence-corrected chi connectivity index (χ0v) is 23.9. The standard InChI is InChI=1S/C27H37F2N3O5S/c1-9-35-23(33)20-14(3)30-15(4)21(24(34)36-10-2)22(20)18-13-17(11-12-19(18)37-25(28)29)32-26(38)31-16(5)27(6,7)8/h11-13,16,22,25,30H,9-10H2,1-8H3,(H2,31,32,38). The predicted octanol–water partition coefficient (Wildman–Crippen LogP) is 5.37. The normalized spacial score (nSPS) is 15.1. The van der Waals surface area contributed by atoms with E-state index in [1.165, 1.54) is 18.2 Å². The first-order valence-corrected chi connectivity index (χ1v) is 12.8. The molecule has 1 unspecified atom stereocenters. The second-order valence-electron chi connectivity index (χ2n) is 9.89. The summed E-state index contributed by atoms with van der Waals surface area (Å²) in [5.41, 5.74) is 1.51. The number of rotatable bonds is 9. The third-order valence-electron chi connectivity index (χ3n) is 6.19. The van der Waals surface area contributed by atoms with Gasteiger partial charge in [-0.2, -0.15) is 8.78 Å². The van der Waals surface area contributed by atoms with Gasteiger partial charge in [0, 0.05) is 28.7 Å². The molecule has 2 rings (SSSR count). The smallest absolute Gasteiger partial charge is 0.387 e. The van der Waals surface area contributed by atoms with Crippen molar-refractivity contribution in [2.75, 3.05) is 18.5 Å². The number of hydrogen-bond donors (Lipinski definition) is 3. The van der Waals surface area contributed by atoms with Crippen LogP contribution in [0.3, 0.4) is 0 Å². The molecule has 8 nitrogen and oxygen atoms in total. The number of carbonyl (C=O) groups excluding carboxylic acids is 2. The summed E-state index contributed by atoms with van der Waals surface area (Å²) in [6, 6.07) is 4.43. The van der Waals surface area contributed by atoms with Gasteiger partial charge >= 0.3 is 18.6 Å². The lowest BCUT2D eigenvalue weighted by Gasteiger charge is -2.32. The summed E-state index contributed by atoms with van der Waals surface area (Å²) in [5.74, 6) is -2.72. The number of carbonyl (C=O) groups is 2. The van der Waals surface area contributed by atoms with Crippen LogP contribution >= 0.6 is 12.2 Å². The van der Waals surface area contributed by atoms with E-state index in [1.54, 1.807) is 27.7 Å². The minimum atomic E-state index is -3.14. The average molecular weight is 554 g/mol. The Morgan fingerprint density at radius 1 is 1.05 bits per heavy atom. The molecule has 210 valence electrons. The second kappa shape index (κ2) is 13.0. The van der Waals surface area contributed by atoms with E-state index in [-0.39, 0.29) is 47.1 Å². The van der Waals surface area contributed by atoms with Crippen molar-refractivity contribution in [1.29, 1.82) is 0 Å². The first-order chi connectivity index (χ1) is 17.7. The maximum atomic E-state index is 13.5. The largest absolute Gasteiger partial charge is 0.463 e. The van der Waals surface area contributed by atoms with Crippen LogP contribution in [0.25, 0.3) is 0 Å². The van der Waals surface area contributed by atoms with E-state index in [1.807, 2.05) is 6.92 Å². The van der Waals surface area contributed by atoms with Gasteiger partial charge in [0.1, 0.15) is 5.75 Å². The number of ether oxygens (including phenoxy) is 3. The molecule has 0 saturated heterocycles. The number of benzene rings is 1. The molecule has 38 heavy (non-hydrogen) atoms. The number of esters is 2. The fourth-order valence-corrected chi connectivity index (χ4v) is 4.19. The average Bonchev–Trinajstić information content (AvgIpc) is 2.78. The summed E-state index contributed by atoms with van der Waals surface area (Å²) in [6.07, 6.45) is 0. The van der Waals surface area contributed by atoms with Gasteiger partial charge in [-0.25, -0.2) is 9.59 Å². The topological polar surface area (TPSA) is 97.9 Å². The molecule has 1 aliphatic heterocycles. The molecule has 0 spiro atoms. The molecular formula is C27H37F2N3O5S. The number of halogens is 2. The lowest BCUT2D eigenvalue weighted by atomic mass is 9.79. The minimum Gasteiger partial charge on any atom is -0.463 e. The molecule has 1 atom stereocenters. The monoisotopic (exact) mass is 553 g/mol. The summed E-state index contributed by atoms with van der Waals surface area (Å²) >= 11 is 5.47. The summed E-state index contributed by atoms with van der Waals surface area (Å²) in [4.78, 5) is 26.2. The molecule has 11 heteroatoms. The van der Waals surface area contributed by atoms with E-state index in [0.29, 0.717) is 22.2 Å². The van der Waals surface area contributed by atoms with E-state index in [4.69, 9.17) is 26.4 Å². The van der Waals surface area contributed by atoms with Gasteiger partial charge in [-0.3, -0.25) is 0 Å². The Hall–Kier alpha value is -3.21. The number of allylic oxidation sites excluding steroid dienone is 2. The predicted molar refractivity (Wildman–Crippen MR) is 146 cm³/mol. The van der Waals surface area contributed by atoms with Crippen LogP contribution in [-0.4, -0.2) is 42.9 Å². The van der Waals surface area contributed by atoms with Crippen LogP contribution in [0.4, 0.5) is 14.5 Å². The summed E-state index contributed by atoms with van der Waals surface area (Å²) in [7, 11) is 0. The Kier molecular flexibility index (Phi) is 10.6. The van der Waals surface area contributed by atoms with Crippen molar-refractivity contribution >= 4 is 35.0 Å². The third-order valence-corrected chi connectivity index (χ3v) is 6.41. The van der Waals surface area contributed by atoms with Gasteiger partial charge < -0.3 is 30.2 Å². The Morgan fingerprint density at radius 3 is 2.03 bits per heavy atom. The Balaban J connectivity index is 2.70. The molecule has 1 aromatic carbocycles. The van der Waals surface area contributed by atoms with Gasteiger partial charge in [0.05, 0.1) is 30.3 Å². The highest BCUT2D eigenvalue weighted by atomic mass is 32.1. The third kappa shape index (κ3) is 7.66. The van der Waals surface area contributed by atoms with Crippen LogP contribution in [0.15, 0.2) is 40.7 Å². The van der Waals surface area contributed by atoms with Gasteiger partial charge in [-0.15, -0.1) is 0 Å². The van der Waals surface area contributed by atoms with Gasteiger partial charge in [-0.1, -0.05) is 20.8 Å². The maximum Gasteiger partial charge on any atom is 0.387 e. The lowest BCUT2D eigenvalue weighted by molar-refractivity contribution is -0.139. The molecular weight excluding hydrogens is 516 g/mol. The zero-order valence-electron chi connectivity index (χ0n) is 23.1. The molecule has 1 aromatic rings. The number of dihydropyridines is 1. The van der Waals surface area contributed by atoms with Crippen molar-refractivity contribution in [3.8, 4) is 5.75 Å². The first kappa shape index (κ1) is 31.0. The highest BCUT2D eigenvalue weighted by Crippen LogP contribution is 2.44. The van der Waals surface area contributed by atoms with Crippen LogP contribution in [-0.2, 0) is 19.1 Å². The van der Waals surface area contributed by atoms with E-state index in [9.17, 15) is 18.4 Å². The number of nitrogens with one attached hydrogen (secondary N) is 3. The molecule has 0 aromatic heterocycles. The van der Waals surface area contributed by atoms with Gasteiger partial charge in [-0.05, 0) is 70.5 Å². The molecule has 0 radical (unpaired) electrons. The van der Waals surface area contributed by atoms with Crippen LogP contribution in [0, 0.1) is 5.41 Å². The van der Waals surface area contributed by atoms with Crippen molar-refractivity contribution in [3.05, 3.63) is 46.3 Å². The molecule has 0 saturated carbocycles. The van der Waals surface area contributed by atoms with Crippen molar-refractivity contribution in [3.63, 3.8) is 0 Å². The van der Waals surface area contributed by atoms with Crippen LogP contribution in [0.5, 0.6) is 5.75 Å². The quantitative estimate of drug-likeness (QED) is 0.275. The lowest BCUT2D eigenvalue weighted by Crippen LogP contribution is -2.43. The molecule has 0 amide bonds. The molecule has 0 fully saturated rings. The second-order valence-corrected chi connectivity index (χ2v) is 10.3.